The second-order valence-electron chi connectivity index (χ2n) is 7.87. The van der Waals surface area contributed by atoms with Crippen LogP contribution in [0.1, 0.15) is 50.0 Å². The molecular weight excluding hydrogens is 398 g/mol. The average Bonchev–Trinajstić information content (AvgIpc) is 3.23. The zero-order valence-corrected chi connectivity index (χ0v) is 17.7. The molecule has 1 unspecified atom stereocenters. The van der Waals surface area contributed by atoms with Gasteiger partial charge in [-0.2, -0.15) is 0 Å². The van der Waals surface area contributed by atoms with E-state index in [4.69, 9.17) is 0 Å². The fourth-order valence-electron chi connectivity index (χ4n) is 3.97. The highest BCUT2D eigenvalue weighted by Gasteiger charge is 2.30. The summed E-state index contributed by atoms with van der Waals surface area (Å²) in [6.07, 6.45) is 3.49. The molecule has 9 nitrogen and oxygen atoms in total. The Labute approximate surface area is 182 Å². The number of fused-ring (bicyclic) bond motifs is 1. The number of carbonyl (C=O) groups is 3. The van der Waals surface area contributed by atoms with E-state index in [1.165, 1.54) is 4.90 Å². The van der Waals surface area contributed by atoms with Crippen molar-refractivity contribution in [3.8, 4) is 0 Å². The molecule has 168 valence electrons. The van der Waals surface area contributed by atoms with Gasteiger partial charge in [-0.25, -0.2) is 0 Å². The smallest absolute Gasteiger partial charge is 0.303 e. The van der Waals surface area contributed by atoms with E-state index in [0.29, 0.717) is 18.7 Å². The van der Waals surface area contributed by atoms with Crippen LogP contribution in [-0.4, -0.2) is 61.6 Å². The van der Waals surface area contributed by atoms with Crippen molar-refractivity contribution in [1.82, 2.24) is 16.0 Å². The van der Waals surface area contributed by atoms with Gasteiger partial charge in [0.15, 0.2) is 5.96 Å². The van der Waals surface area contributed by atoms with Crippen LogP contribution in [-0.2, 0) is 14.4 Å². The van der Waals surface area contributed by atoms with Crippen molar-refractivity contribution >= 4 is 29.4 Å². The number of carboxylic acid groups (broad SMARTS) is 1. The third kappa shape index (κ3) is 6.70. The Morgan fingerprint density at radius 2 is 2.00 bits per heavy atom. The molecule has 0 aliphatic carbocycles. The number of aliphatic carboxylic acids is 1. The molecule has 31 heavy (non-hydrogen) atoms. The number of aliphatic imine (C=N–C) groups is 1. The number of guanidine groups is 1. The lowest BCUT2D eigenvalue weighted by molar-refractivity contribution is -0.137. The van der Waals surface area contributed by atoms with Crippen LogP contribution in [0.4, 0.5) is 5.69 Å². The van der Waals surface area contributed by atoms with Gasteiger partial charge in [-0.05, 0) is 43.2 Å². The topological polar surface area (TPSA) is 123 Å². The maximum atomic E-state index is 12.7. The third-order valence-corrected chi connectivity index (χ3v) is 5.54. The fraction of sp³-hybridized carbons (Fsp3) is 0.545. The summed E-state index contributed by atoms with van der Waals surface area (Å²) in [4.78, 5) is 42.1. The average molecular weight is 430 g/mol. The molecule has 0 saturated heterocycles. The lowest BCUT2D eigenvalue weighted by Crippen LogP contribution is -2.41. The zero-order chi connectivity index (χ0) is 22.1. The van der Waals surface area contributed by atoms with Gasteiger partial charge in [-0.3, -0.25) is 19.4 Å². The van der Waals surface area contributed by atoms with Gasteiger partial charge < -0.3 is 26.0 Å². The number of carboxylic acids is 1. The number of anilines is 1. The summed E-state index contributed by atoms with van der Waals surface area (Å²) in [5, 5.41) is 18.5. The monoisotopic (exact) mass is 429 g/mol. The molecule has 2 aliphatic heterocycles. The maximum absolute atomic E-state index is 12.7. The van der Waals surface area contributed by atoms with Crippen LogP contribution in [0, 0.1) is 0 Å². The molecule has 0 bridgehead atoms. The minimum absolute atomic E-state index is 0.0252. The first-order chi connectivity index (χ1) is 15.0. The molecule has 2 aliphatic rings. The quantitative estimate of drug-likeness (QED) is 0.415. The van der Waals surface area contributed by atoms with Crippen molar-refractivity contribution in [1.29, 1.82) is 0 Å². The highest BCUT2D eigenvalue weighted by atomic mass is 16.4. The van der Waals surface area contributed by atoms with Crippen LogP contribution in [0.5, 0.6) is 0 Å². The van der Waals surface area contributed by atoms with E-state index in [1.54, 1.807) is 12.1 Å². The Morgan fingerprint density at radius 3 is 2.77 bits per heavy atom. The van der Waals surface area contributed by atoms with Crippen LogP contribution < -0.4 is 20.9 Å². The minimum Gasteiger partial charge on any atom is -0.481 e. The number of para-hydroxylation sites is 1. The van der Waals surface area contributed by atoms with Crippen molar-refractivity contribution < 1.29 is 19.5 Å². The number of nitrogens with zero attached hydrogens (tertiary/aromatic N) is 2. The standard InChI is InChI=1S/C22H31N5O4/c28-19(23-10-4-1-5-11-24-22-25-12-13-26-22)15-27-18-7-3-2-6-17(18)16(14-21(30)31)8-9-20(27)29/h2-3,6-7,16H,1,4-5,8-15H2,(H,23,28)(H,30,31)(H2,24,25,26). The van der Waals surface area contributed by atoms with E-state index in [-0.39, 0.29) is 37.1 Å². The third-order valence-electron chi connectivity index (χ3n) is 5.54. The lowest BCUT2D eigenvalue weighted by Gasteiger charge is -2.23. The van der Waals surface area contributed by atoms with E-state index >= 15 is 0 Å². The SMILES string of the molecule is O=C(O)CC1CCC(=O)N(CC(=O)NCCCCCNC2=NCCN2)c2ccccc21. The van der Waals surface area contributed by atoms with Gasteiger partial charge in [0.2, 0.25) is 11.8 Å². The predicted octanol–water partition coefficient (Wildman–Crippen LogP) is 1.21. The van der Waals surface area contributed by atoms with E-state index in [1.807, 2.05) is 12.1 Å². The van der Waals surface area contributed by atoms with Crippen molar-refractivity contribution in [2.24, 2.45) is 4.99 Å². The van der Waals surface area contributed by atoms with Crippen molar-refractivity contribution in [2.75, 3.05) is 37.6 Å². The molecular formula is C22H31N5O4. The molecule has 2 heterocycles. The second kappa shape index (κ2) is 11.3. The normalized spacial score (nSPS) is 17.9. The summed E-state index contributed by atoms with van der Waals surface area (Å²) in [6, 6.07) is 7.29. The fourth-order valence-corrected chi connectivity index (χ4v) is 3.97. The van der Waals surface area contributed by atoms with E-state index in [2.05, 4.69) is 20.9 Å². The van der Waals surface area contributed by atoms with Crippen LogP contribution in [0.2, 0.25) is 0 Å². The lowest BCUT2D eigenvalue weighted by atomic mass is 9.91. The highest BCUT2D eigenvalue weighted by molar-refractivity contribution is 6.00. The Bertz CT molecular complexity index is 826. The number of amides is 2. The Hall–Kier alpha value is -3.10. The molecule has 1 aromatic carbocycles. The molecule has 0 saturated carbocycles. The predicted molar refractivity (Wildman–Crippen MR) is 118 cm³/mol. The molecule has 9 heteroatoms. The number of hydrogen-bond donors (Lipinski definition) is 4. The number of benzene rings is 1. The second-order valence-corrected chi connectivity index (χ2v) is 7.87. The summed E-state index contributed by atoms with van der Waals surface area (Å²) in [6.45, 7) is 3.06. The van der Waals surface area contributed by atoms with Gasteiger partial charge in [0, 0.05) is 31.7 Å². The molecule has 0 spiro atoms. The Balaban J connectivity index is 1.45. The summed E-state index contributed by atoms with van der Waals surface area (Å²) >= 11 is 0. The van der Waals surface area contributed by atoms with Crippen molar-refractivity contribution in [3.63, 3.8) is 0 Å². The van der Waals surface area contributed by atoms with Crippen molar-refractivity contribution in [2.45, 2.75) is 44.4 Å². The number of unbranched alkanes of at least 4 members (excludes halogenated alkanes) is 2. The first-order valence-corrected chi connectivity index (χ1v) is 10.9. The van der Waals surface area contributed by atoms with Crippen LogP contribution >= 0.6 is 0 Å². The summed E-state index contributed by atoms with van der Waals surface area (Å²) in [7, 11) is 0. The number of rotatable bonds is 10. The number of nitrogens with one attached hydrogen (secondary N) is 3. The molecule has 2 amide bonds. The van der Waals surface area contributed by atoms with Gasteiger partial charge in [-0.15, -0.1) is 0 Å². The first kappa shape index (κ1) is 22.6. The summed E-state index contributed by atoms with van der Waals surface area (Å²) < 4.78 is 0. The van der Waals surface area contributed by atoms with E-state index < -0.39 is 5.97 Å². The number of carbonyl (C=O) groups excluding carboxylic acids is 2. The maximum Gasteiger partial charge on any atom is 0.303 e. The Morgan fingerprint density at radius 1 is 1.19 bits per heavy atom. The van der Waals surface area contributed by atoms with Gasteiger partial charge >= 0.3 is 5.97 Å². The molecule has 1 atom stereocenters. The van der Waals surface area contributed by atoms with Crippen LogP contribution in [0.25, 0.3) is 0 Å². The van der Waals surface area contributed by atoms with E-state index in [9.17, 15) is 19.5 Å². The highest BCUT2D eigenvalue weighted by Crippen LogP contribution is 2.36. The van der Waals surface area contributed by atoms with Gasteiger partial charge in [0.1, 0.15) is 6.54 Å². The van der Waals surface area contributed by atoms with Gasteiger partial charge in [0.25, 0.3) is 0 Å². The molecule has 1 aromatic rings. The molecule has 4 N–H and O–H groups in total. The summed E-state index contributed by atoms with van der Waals surface area (Å²) in [5.41, 5.74) is 1.46. The Kier molecular flexibility index (Phi) is 8.26. The number of hydrogen-bond acceptors (Lipinski definition) is 6. The van der Waals surface area contributed by atoms with Crippen LogP contribution in [0.15, 0.2) is 29.3 Å². The molecule has 0 aromatic heterocycles. The molecule has 0 fully saturated rings. The first-order valence-electron chi connectivity index (χ1n) is 10.9. The summed E-state index contributed by atoms with van der Waals surface area (Å²) in [5.74, 6) is -0.611. The largest absolute Gasteiger partial charge is 0.481 e. The molecule has 0 radical (unpaired) electrons. The van der Waals surface area contributed by atoms with Crippen LogP contribution in [0.3, 0.4) is 0 Å². The van der Waals surface area contributed by atoms with Gasteiger partial charge in [-0.1, -0.05) is 18.2 Å². The van der Waals surface area contributed by atoms with Gasteiger partial charge in [0.05, 0.1) is 13.0 Å². The molecule has 3 rings (SSSR count). The minimum atomic E-state index is -0.888. The van der Waals surface area contributed by atoms with E-state index in [0.717, 1.165) is 50.4 Å². The van der Waals surface area contributed by atoms with Crippen molar-refractivity contribution in [3.05, 3.63) is 29.8 Å². The zero-order valence-electron chi connectivity index (χ0n) is 17.7.